The number of carboxylic acid groups (broad SMARTS) is 1. The monoisotopic (exact) mass is 528 g/mol. The molecule has 0 spiro atoms. The molecule has 0 bridgehead atoms. The van der Waals surface area contributed by atoms with E-state index in [-0.39, 0.29) is 24.9 Å². The Morgan fingerprint density at radius 1 is 1.13 bits per heavy atom. The van der Waals surface area contributed by atoms with Gasteiger partial charge in [-0.15, -0.1) is 0 Å². The van der Waals surface area contributed by atoms with Crippen molar-refractivity contribution in [2.24, 2.45) is 11.3 Å². The third-order valence-electron chi connectivity index (χ3n) is 7.47. The van der Waals surface area contributed by atoms with Crippen molar-refractivity contribution in [2.45, 2.75) is 83.8 Å². The van der Waals surface area contributed by atoms with Crippen LogP contribution in [0.25, 0.3) is 11.3 Å². The first-order valence-corrected chi connectivity index (χ1v) is 13.5. The van der Waals surface area contributed by atoms with Crippen LogP contribution in [-0.4, -0.2) is 53.8 Å². The predicted octanol–water partition coefficient (Wildman–Crippen LogP) is 4.79. The zero-order valence-electron chi connectivity index (χ0n) is 22.6. The van der Waals surface area contributed by atoms with E-state index in [1.807, 2.05) is 44.2 Å². The first-order valence-electron chi connectivity index (χ1n) is 13.5. The van der Waals surface area contributed by atoms with Crippen molar-refractivity contribution in [3.8, 4) is 11.3 Å². The van der Waals surface area contributed by atoms with Crippen LogP contribution in [0.1, 0.15) is 71.1 Å². The standard InChI is InChI=1S/C29H40N2O7/c1-4-22(5-2)37-27(34)23(17-25-30-19-24(38-25)20-11-7-6-8-12-20)31-28(35)29(14-9-10-15-29)18-21(26(32)33)13-16-36-3/h6-8,11-12,19,21-23H,4-5,9-10,13-18H2,1-3H3,(H,31,35)(H,32,33)/t21-,23+/m1/s1. The van der Waals surface area contributed by atoms with Crippen LogP contribution >= 0.6 is 0 Å². The lowest BCUT2D eigenvalue weighted by atomic mass is 9.75. The minimum absolute atomic E-state index is 0.0274. The van der Waals surface area contributed by atoms with Crippen LogP contribution in [-0.2, 0) is 30.3 Å². The number of carboxylic acids is 1. The molecule has 2 N–H and O–H groups in total. The van der Waals surface area contributed by atoms with E-state index in [0.717, 1.165) is 18.4 Å². The fraction of sp³-hybridized carbons (Fsp3) is 0.586. The third-order valence-corrected chi connectivity index (χ3v) is 7.47. The number of aromatic nitrogens is 1. The molecule has 1 fully saturated rings. The minimum atomic E-state index is -1.01. The first-order chi connectivity index (χ1) is 18.3. The average Bonchev–Trinajstić information content (AvgIpc) is 3.60. The predicted molar refractivity (Wildman–Crippen MR) is 141 cm³/mol. The van der Waals surface area contributed by atoms with E-state index in [4.69, 9.17) is 13.9 Å². The van der Waals surface area contributed by atoms with Gasteiger partial charge in [0.1, 0.15) is 12.1 Å². The van der Waals surface area contributed by atoms with Crippen LogP contribution in [0.2, 0.25) is 0 Å². The Kier molecular flexibility index (Phi) is 10.9. The summed E-state index contributed by atoms with van der Waals surface area (Å²) in [6.07, 6.45) is 5.98. The summed E-state index contributed by atoms with van der Waals surface area (Å²) in [5.74, 6) is -1.66. The lowest BCUT2D eigenvalue weighted by Crippen LogP contribution is -2.50. The van der Waals surface area contributed by atoms with E-state index in [0.29, 0.717) is 50.4 Å². The van der Waals surface area contributed by atoms with E-state index < -0.39 is 29.3 Å². The van der Waals surface area contributed by atoms with E-state index in [2.05, 4.69) is 10.3 Å². The molecule has 1 amide bonds. The largest absolute Gasteiger partial charge is 0.481 e. The highest BCUT2D eigenvalue weighted by Gasteiger charge is 2.45. The highest BCUT2D eigenvalue weighted by atomic mass is 16.5. The van der Waals surface area contributed by atoms with Gasteiger partial charge in [-0.25, -0.2) is 9.78 Å². The number of rotatable bonds is 15. The first kappa shape index (κ1) is 29.4. The van der Waals surface area contributed by atoms with Gasteiger partial charge in [0.05, 0.1) is 24.0 Å². The van der Waals surface area contributed by atoms with Gasteiger partial charge in [0.15, 0.2) is 11.7 Å². The number of hydrogen-bond donors (Lipinski definition) is 2. The topological polar surface area (TPSA) is 128 Å². The number of oxazole rings is 1. The zero-order chi connectivity index (χ0) is 27.5. The molecule has 0 radical (unpaired) electrons. The maximum atomic E-state index is 13.8. The van der Waals surface area contributed by atoms with Crippen molar-refractivity contribution in [1.29, 1.82) is 0 Å². The molecule has 1 saturated carbocycles. The Morgan fingerprint density at radius 2 is 1.82 bits per heavy atom. The number of aliphatic carboxylic acids is 1. The van der Waals surface area contributed by atoms with Gasteiger partial charge >= 0.3 is 11.9 Å². The van der Waals surface area contributed by atoms with Crippen molar-refractivity contribution in [3.05, 3.63) is 42.4 Å². The molecule has 1 aliphatic carbocycles. The number of carbonyl (C=O) groups excluding carboxylic acids is 2. The number of hydrogen-bond acceptors (Lipinski definition) is 7. The van der Waals surface area contributed by atoms with Crippen LogP contribution < -0.4 is 5.32 Å². The van der Waals surface area contributed by atoms with Gasteiger partial charge in [-0.3, -0.25) is 9.59 Å². The van der Waals surface area contributed by atoms with Crippen LogP contribution in [0.5, 0.6) is 0 Å². The number of nitrogens with one attached hydrogen (secondary N) is 1. The lowest BCUT2D eigenvalue weighted by Gasteiger charge is -2.32. The molecular weight excluding hydrogens is 488 g/mol. The van der Waals surface area contributed by atoms with Crippen molar-refractivity contribution in [3.63, 3.8) is 0 Å². The summed E-state index contributed by atoms with van der Waals surface area (Å²) in [5.41, 5.74) is -0.0112. The van der Waals surface area contributed by atoms with Gasteiger partial charge in [-0.1, -0.05) is 57.0 Å². The fourth-order valence-electron chi connectivity index (χ4n) is 5.14. The molecule has 2 atom stereocenters. The fourth-order valence-corrected chi connectivity index (χ4v) is 5.14. The van der Waals surface area contributed by atoms with Crippen molar-refractivity contribution < 1.29 is 33.4 Å². The number of amides is 1. The number of carbonyl (C=O) groups is 3. The molecular formula is C29H40N2O7. The van der Waals surface area contributed by atoms with Crippen molar-refractivity contribution in [1.82, 2.24) is 10.3 Å². The summed E-state index contributed by atoms with van der Waals surface area (Å²) in [6.45, 7) is 4.18. The Bertz CT molecular complexity index is 1040. The van der Waals surface area contributed by atoms with Gasteiger partial charge in [0, 0.05) is 19.3 Å². The molecule has 0 unspecified atom stereocenters. The van der Waals surface area contributed by atoms with Gasteiger partial charge < -0.3 is 24.3 Å². The van der Waals surface area contributed by atoms with Gasteiger partial charge in [-0.2, -0.15) is 0 Å². The summed E-state index contributed by atoms with van der Waals surface area (Å²) in [6, 6.07) is 8.49. The SMILES string of the molecule is CCC(CC)OC(=O)[C@H](Cc1ncc(-c2ccccc2)o1)NC(=O)C1(C[C@@H](CCOC)C(=O)O)CCCC1. The van der Waals surface area contributed by atoms with E-state index in [9.17, 15) is 19.5 Å². The third kappa shape index (κ3) is 7.66. The summed E-state index contributed by atoms with van der Waals surface area (Å²) in [7, 11) is 1.53. The summed E-state index contributed by atoms with van der Waals surface area (Å²) in [4.78, 5) is 43.3. The van der Waals surface area contributed by atoms with Crippen LogP contribution in [0.3, 0.4) is 0 Å². The van der Waals surface area contributed by atoms with Crippen LogP contribution in [0.4, 0.5) is 0 Å². The number of benzene rings is 1. The molecule has 0 saturated heterocycles. The maximum absolute atomic E-state index is 13.8. The van der Waals surface area contributed by atoms with Gasteiger partial charge in [0.25, 0.3) is 0 Å². The Balaban J connectivity index is 1.82. The number of ether oxygens (including phenoxy) is 2. The maximum Gasteiger partial charge on any atom is 0.329 e. The lowest BCUT2D eigenvalue weighted by molar-refractivity contribution is -0.155. The molecule has 1 aromatic heterocycles. The Hall–Kier alpha value is -3.20. The van der Waals surface area contributed by atoms with E-state index >= 15 is 0 Å². The average molecular weight is 529 g/mol. The minimum Gasteiger partial charge on any atom is -0.481 e. The normalized spacial score (nSPS) is 16.2. The second-order valence-corrected chi connectivity index (χ2v) is 10.1. The summed E-state index contributed by atoms with van der Waals surface area (Å²) >= 11 is 0. The molecule has 9 nitrogen and oxygen atoms in total. The molecule has 3 rings (SSSR count). The smallest absolute Gasteiger partial charge is 0.329 e. The van der Waals surface area contributed by atoms with E-state index in [1.165, 1.54) is 7.11 Å². The molecule has 2 aromatic rings. The van der Waals surface area contributed by atoms with Crippen molar-refractivity contribution >= 4 is 17.8 Å². The second-order valence-electron chi connectivity index (χ2n) is 10.1. The molecule has 1 aromatic carbocycles. The van der Waals surface area contributed by atoms with Gasteiger partial charge in [0.2, 0.25) is 5.91 Å². The summed E-state index contributed by atoms with van der Waals surface area (Å²) in [5, 5.41) is 12.7. The number of nitrogens with zero attached hydrogens (tertiary/aromatic N) is 1. The van der Waals surface area contributed by atoms with Crippen LogP contribution in [0, 0.1) is 11.3 Å². The highest BCUT2D eigenvalue weighted by Crippen LogP contribution is 2.44. The molecule has 0 aliphatic heterocycles. The molecule has 1 aliphatic rings. The second kappa shape index (κ2) is 14.1. The zero-order valence-corrected chi connectivity index (χ0v) is 22.6. The molecule has 9 heteroatoms. The quantitative estimate of drug-likeness (QED) is 0.316. The van der Waals surface area contributed by atoms with Crippen molar-refractivity contribution in [2.75, 3.05) is 13.7 Å². The molecule has 38 heavy (non-hydrogen) atoms. The number of esters is 1. The van der Waals surface area contributed by atoms with E-state index in [1.54, 1.807) is 6.20 Å². The Labute approximate surface area is 224 Å². The van der Waals surface area contributed by atoms with Crippen LogP contribution in [0.15, 0.2) is 40.9 Å². The molecule has 208 valence electrons. The summed E-state index contributed by atoms with van der Waals surface area (Å²) < 4.78 is 16.7. The Morgan fingerprint density at radius 3 is 2.42 bits per heavy atom. The number of methoxy groups -OCH3 is 1. The molecule has 1 heterocycles. The van der Waals surface area contributed by atoms with Gasteiger partial charge in [-0.05, 0) is 38.5 Å². The highest BCUT2D eigenvalue weighted by molar-refractivity contribution is 5.89.